The Labute approximate surface area is 200 Å². The summed E-state index contributed by atoms with van der Waals surface area (Å²) in [7, 11) is 1.66. The average Bonchev–Trinajstić information content (AvgIpc) is 2.80. The maximum absolute atomic E-state index is 13.1. The smallest absolute Gasteiger partial charge is 0.227 e. The molecule has 168 valence electrons. The molecule has 3 aromatic rings. The van der Waals surface area contributed by atoms with Crippen molar-refractivity contribution in [1.29, 1.82) is 0 Å². The number of ether oxygens (including phenoxy) is 1. The van der Waals surface area contributed by atoms with Crippen molar-refractivity contribution in [3.8, 4) is 5.75 Å². The molecule has 0 saturated carbocycles. The lowest BCUT2D eigenvalue weighted by Crippen LogP contribution is -2.33. The monoisotopic (exact) mass is 465 g/mol. The van der Waals surface area contributed by atoms with Crippen LogP contribution in [0, 0.1) is 5.92 Å². The van der Waals surface area contributed by atoms with E-state index in [1.165, 1.54) is 9.79 Å². The molecule has 0 N–H and O–H groups in total. The van der Waals surface area contributed by atoms with Crippen LogP contribution in [0.4, 0.5) is 5.69 Å². The van der Waals surface area contributed by atoms with E-state index in [1.54, 1.807) is 7.11 Å². The lowest BCUT2D eigenvalue weighted by atomic mass is 10.1. The van der Waals surface area contributed by atoms with E-state index >= 15 is 0 Å². The zero-order valence-corrected chi connectivity index (χ0v) is 20.6. The van der Waals surface area contributed by atoms with E-state index in [0.29, 0.717) is 18.9 Å². The quantitative estimate of drug-likeness (QED) is 0.218. The minimum absolute atomic E-state index is 0.165. The zero-order valence-electron chi connectivity index (χ0n) is 18.9. The molecule has 0 unspecified atom stereocenters. The number of thioether (sulfide) groups is 2. The Morgan fingerprint density at radius 1 is 0.844 bits per heavy atom. The van der Waals surface area contributed by atoms with Crippen LogP contribution in [-0.2, 0) is 4.79 Å². The Kier molecular flexibility index (Phi) is 9.57. The average molecular weight is 466 g/mol. The first-order chi connectivity index (χ1) is 15.5. The molecule has 1 amide bonds. The first-order valence-electron chi connectivity index (χ1n) is 10.9. The summed E-state index contributed by atoms with van der Waals surface area (Å²) in [6.07, 6.45) is 1.41. The molecule has 5 heteroatoms. The third kappa shape index (κ3) is 7.64. The van der Waals surface area contributed by atoms with Gasteiger partial charge in [-0.2, -0.15) is 0 Å². The molecule has 0 aromatic heterocycles. The highest BCUT2D eigenvalue weighted by molar-refractivity contribution is 8.17. The second kappa shape index (κ2) is 12.6. The molecule has 0 aliphatic heterocycles. The van der Waals surface area contributed by atoms with Gasteiger partial charge < -0.3 is 9.64 Å². The Bertz CT molecular complexity index is 905. The summed E-state index contributed by atoms with van der Waals surface area (Å²) >= 11 is 3.71. The number of methoxy groups -OCH3 is 1. The summed E-state index contributed by atoms with van der Waals surface area (Å²) in [5.41, 5.74) is 0.921. The van der Waals surface area contributed by atoms with E-state index in [9.17, 15) is 4.79 Å². The molecule has 0 radical (unpaired) electrons. The molecule has 0 fully saturated rings. The summed E-state index contributed by atoms with van der Waals surface area (Å²) in [6.45, 7) is 4.84. The lowest BCUT2D eigenvalue weighted by molar-refractivity contribution is -0.119. The second-order valence-electron chi connectivity index (χ2n) is 7.92. The largest absolute Gasteiger partial charge is 0.497 e. The van der Waals surface area contributed by atoms with Crippen LogP contribution >= 0.6 is 23.5 Å². The van der Waals surface area contributed by atoms with E-state index in [1.807, 2.05) is 64.8 Å². The first kappa shape index (κ1) is 24.3. The second-order valence-corrected chi connectivity index (χ2v) is 10.8. The first-order valence-corrected chi connectivity index (χ1v) is 12.7. The van der Waals surface area contributed by atoms with Crippen LogP contribution in [0.1, 0.15) is 26.7 Å². The molecule has 0 atom stereocenters. The third-order valence-electron chi connectivity index (χ3n) is 4.88. The number of carbonyl (C=O) groups excluding carboxylic acids is 1. The van der Waals surface area contributed by atoms with Crippen LogP contribution in [0.3, 0.4) is 0 Å². The van der Waals surface area contributed by atoms with Gasteiger partial charge in [0.15, 0.2) is 0 Å². The summed E-state index contributed by atoms with van der Waals surface area (Å²) in [6, 6.07) is 28.7. The van der Waals surface area contributed by atoms with Crippen LogP contribution < -0.4 is 9.64 Å². The predicted molar refractivity (Wildman–Crippen MR) is 138 cm³/mol. The number of benzene rings is 3. The van der Waals surface area contributed by atoms with Crippen molar-refractivity contribution in [2.45, 2.75) is 41.1 Å². The fraction of sp³-hybridized carbons (Fsp3) is 0.296. The molecule has 0 spiro atoms. The molecule has 3 aromatic carbocycles. The summed E-state index contributed by atoms with van der Waals surface area (Å²) < 4.78 is 5.58. The zero-order chi connectivity index (χ0) is 22.8. The van der Waals surface area contributed by atoms with Crippen molar-refractivity contribution in [3.05, 3.63) is 84.9 Å². The number of nitrogens with zero attached hydrogens (tertiary/aromatic N) is 1. The van der Waals surface area contributed by atoms with Gasteiger partial charge in [-0.3, -0.25) is 4.79 Å². The molecule has 0 saturated heterocycles. The topological polar surface area (TPSA) is 29.5 Å². The van der Waals surface area contributed by atoms with E-state index < -0.39 is 0 Å². The molecule has 0 aliphatic carbocycles. The highest BCUT2D eigenvalue weighted by Gasteiger charge is 2.20. The van der Waals surface area contributed by atoms with Gasteiger partial charge in [-0.05, 0) is 60.9 Å². The van der Waals surface area contributed by atoms with Gasteiger partial charge in [-0.1, -0.05) is 50.2 Å². The van der Waals surface area contributed by atoms with Crippen molar-refractivity contribution in [2.75, 3.05) is 18.6 Å². The Balaban J connectivity index is 1.78. The highest BCUT2D eigenvalue weighted by Crippen LogP contribution is 2.38. The van der Waals surface area contributed by atoms with Crippen molar-refractivity contribution in [3.63, 3.8) is 0 Å². The number of carbonyl (C=O) groups is 1. The summed E-state index contributed by atoms with van der Waals surface area (Å²) in [5, 5.41) is 0. The fourth-order valence-electron chi connectivity index (χ4n) is 3.30. The Morgan fingerprint density at radius 2 is 1.38 bits per heavy atom. The molecule has 3 rings (SSSR count). The van der Waals surface area contributed by atoms with Gasteiger partial charge in [-0.25, -0.2) is 0 Å². The van der Waals surface area contributed by atoms with Crippen molar-refractivity contribution < 1.29 is 9.53 Å². The fourth-order valence-corrected chi connectivity index (χ4v) is 5.84. The number of hydrogen-bond acceptors (Lipinski definition) is 4. The summed E-state index contributed by atoms with van der Waals surface area (Å²) in [5.74, 6) is 1.27. The van der Waals surface area contributed by atoms with Crippen LogP contribution in [-0.4, -0.2) is 24.1 Å². The molecule has 3 nitrogen and oxygen atoms in total. The van der Waals surface area contributed by atoms with Gasteiger partial charge in [0.1, 0.15) is 5.75 Å². The van der Waals surface area contributed by atoms with Gasteiger partial charge in [-0.15, -0.1) is 23.5 Å². The van der Waals surface area contributed by atoms with Crippen LogP contribution in [0.5, 0.6) is 5.75 Å². The van der Waals surface area contributed by atoms with E-state index in [0.717, 1.165) is 17.9 Å². The standard InChI is InChI=1S/C27H31NO2S2/c1-21(2)20-26(29)28(22-14-16-23(30-3)17-15-22)19-18-27(31-24-10-6-4-7-11-24)32-25-12-8-5-9-13-25/h4-17,21,27H,18-20H2,1-3H3. The molecule has 0 aliphatic rings. The maximum atomic E-state index is 13.1. The number of hydrogen-bond donors (Lipinski definition) is 0. The molecule has 0 heterocycles. The molecule has 0 bridgehead atoms. The lowest BCUT2D eigenvalue weighted by Gasteiger charge is -2.26. The highest BCUT2D eigenvalue weighted by atomic mass is 32.2. The minimum Gasteiger partial charge on any atom is -0.497 e. The van der Waals surface area contributed by atoms with Gasteiger partial charge in [0.05, 0.1) is 11.7 Å². The van der Waals surface area contributed by atoms with Crippen molar-refractivity contribution in [2.24, 2.45) is 5.92 Å². The minimum atomic E-state index is 0.165. The normalized spacial score (nSPS) is 11.0. The van der Waals surface area contributed by atoms with Crippen LogP contribution in [0.15, 0.2) is 94.7 Å². The van der Waals surface area contributed by atoms with Gasteiger partial charge in [0.2, 0.25) is 5.91 Å². The van der Waals surface area contributed by atoms with E-state index in [2.05, 4.69) is 62.4 Å². The van der Waals surface area contributed by atoms with Crippen molar-refractivity contribution in [1.82, 2.24) is 0 Å². The number of rotatable bonds is 11. The summed E-state index contributed by atoms with van der Waals surface area (Å²) in [4.78, 5) is 17.5. The van der Waals surface area contributed by atoms with E-state index in [4.69, 9.17) is 4.74 Å². The number of amides is 1. The maximum Gasteiger partial charge on any atom is 0.227 e. The van der Waals surface area contributed by atoms with Gasteiger partial charge in [0, 0.05) is 28.4 Å². The Morgan fingerprint density at radius 3 is 1.84 bits per heavy atom. The van der Waals surface area contributed by atoms with E-state index in [-0.39, 0.29) is 10.5 Å². The Hall–Kier alpha value is -2.37. The predicted octanol–water partition coefficient (Wildman–Crippen LogP) is 7.38. The van der Waals surface area contributed by atoms with Gasteiger partial charge in [0.25, 0.3) is 0 Å². The number of anilines is 1. The molecular weight excluding hydrogens is 434 g/mol. The van der Waals surface area contributed by atoms with Crippen LogP contribution in [0.2, 0.25) is 0 Å². The van der Waals surface area contributed by atoms with Crippen LogP contribution in [0.25, 0.3) is 0 Å². The molecule has 32 heavy (non-hydrogen) atoms. The van der Waals surface area contributed by atoms with Gasteiger partial charge >= 0.3 is 0 Å². The molecular formula is C27H31NO2S2. The SMILES string of the molecule is COc1ccc(N(CCC(Sc2ccccc2)Sc2ccccc2)C(=O)CC(C)C)cc1. The van der Waals surface area contributed by atoms with Crippen molar-refractivity contribution >= 4 is 35.1 Å². The third-order valence-corrected chi connectivity index (χ3v) is 7.54.